The minimum atomic E-state index is -0.356. The van der Waals surface area contributed by atoms with Gasteiger partial charge in [0, 0.05) is 35.8 Å². The van der Waals surface area contributed by atoms with Gasteiger partial charge in [-0.05, 0) is 49.1 Å². The number of hydrogen-bond acceptors (Lipinski definition) is 4. The average molecular weight is 343 g/mol. The fourth-order valence-corrected chi connectivity index (χ4v) is 2.59. The molecule has 0 fully saturated rings. The second kappa shape index (κ2) is 7.88. The molecule has 0 unspecified atom stereocenters. The van der Waals surface area contributed by atoms with Crippen LogP contribution in [-0.2, 0) is 0 Å². The molecule has 2 N–H and O–H groups in total. The van der Waals surface area contributed by atoms with Crippen molar-refractivity contribution < 1.29 is 9.59 Å². The number of benzene rings is 2. The average Bonchev–Trinajstić information content (AvgIpc) is 2.59. The van der Waals surface area contributed by atoms with Gasteiger partial charge >= 0.3 is 0 Å². The smallest absolute Gasteiger partial charge is 0.270 e. The maximum atomic E-state index is 12.3. The number of thioether (sulfide) groups is 1. The first-order chi connectivity index (χ1) is 11.4. The van der Waals surface area contributed by atoms with E-state index < -0.39 is 0 Å². The highest BCUT2D eigenvalue weighted by molar-refractivity contribution is 7.98. The Kier molecular flexibility index (Phi) is 5.87. The third-order valence-corrected chi connectivity index (χ3v) is 4.33. The Labute approximate surface area is 146 Å². The van der Waals surface area contributed by atoms with Crippen LogP contribution >= 0.6 is 11.8 Å². The van der Waals surface area contributed by atoms with Gasteiger partial charge in [0.05, 0.1) is 0 Å². The molecule has 2 rings (SSSR count). The van der Waals surface area contributed by atoms with Crippen molar-refractivity contribution in [1.29, 1.82) is 0 Å². The van der Waals surface area contributed by atoms with E-state index in [0.717, 1.165) is 16.1 Å². The summed E-state index contributed by atoms with van der Waals surface area (Å²) in [6.45, 7) is 1.86. The van der Waals surface area contributed by atoms with Crippen LogP contribution in [0.3, 0.4) is 0 Å². The van der Waals surface area contributed by atoms with Crippen molar-refractivity contribution in [2.24, 2.45) is 0 Å². The summed E-state index contributed by atoms with van der Waals surface area (Å²) in [6.07, 6.45) is 1.95. The highest BCUT2D eigenvalue weighted by atomic mass is 32.2. The molecule has 0 aliphatic carbocycles. The van der Waals surface area contributed by atoms with Gasteiger partial charge in [0.2, 0.25) is 0 Å². The largest absolute Gasteiger partial charge is 0.378 e. The van der Waals surface area contributed by atoms with Crippen molar-refractivity contribution in [2.75, 3.05) is 25.3 Å². The number of nitrogens with one attached hydrogen (secondary N) is 2. The van der Waals surface area contributed by atoms with Crippen LogP contribution in [-0.4, -0.2) is 32.2 Å². The predicted molar refractivity (Wildman–Crippen MR) is 98.7 cm³/mol. The molecular formula is C18H21N3O2S. The zero-order chi connectivity index (χ0) is 17.7. The molecule has 6 heteroatoms. The molecule has 0 spiro atoms. The summed E-state index contributed by atoms with van der Waals surface area (Å²) in [5.41, 5.74) is 7.74. The highest BCUT2D eigenvalue weighted by Crippen LogP contribution is 2.19. The van der Waals surface area contributed by atoms with Crippen LogP contribution < -0.4 is 15.8 Å². The second-order valence-corrected chi connectivity index (χ2v) is 6.41. The summed E-state index contributed by atoms with van der Waals surface area (Å²) in [5.74, 6) is -0.689. The number of hydrazine groups is 1. The molecule has 5 nitrogen and oxygen atoms in total. The van der Waals surface area contributed by atoms with Crippen LogP contribution in [0.1, 0.15) is 26.3 Å². The number of aryl methyl sites for hydroxylation is 1. The van der Waals surface area contributed by atoms with E-state index in [1.54, 1.807) is 30.0 Å². The first-order valence-corrected chi connectivity index (χ1v) is 8.67. The maximum absolute atomic E-state index is 12.3. The Morgan fingerprint density at radius 2 is 1.71 bits per heavy atom. The van der Waals surface area contributed by atoms with Gasteiger partial charge < -0.3 is 4.90 Å². The molecule has 0 aromatic heterocycles. The molecule has 2 aromatic rings. The van der Waals surface area contributed by atoms with E-state index in [4.69, 9.17) is 0 Å². The number of rotatable bonds is 4. The Hall–Kier alpha value is -2.47. The van der Waals surface area contributed by atoms with Crippen LogP contribution in [0.25, 0.3) is 0 Å². The van der Waals surface area contributed by atoms with Crippen LogP contribution in [0.4, 0.5) is 5.69 Å². The summed E-state index contributed by atoms with van der Waals surface area (Å²) in [7, 11) is 3.81. The van der Waals surface area contributed by atoms with Crippen LogP contribution in [0.2, 0.25) is 0 Å². The zero-order valence-electron chi connectivity index (χ0n) is 14.2. The van der Waals surface area contributed by atoms with Gasteiger partial charge in [-0.1, -0.05) is 12.1 Å². The van der Waals surface area contributed by atoms with E-state index in [1.807, 2.05) is 56.4 Å². The van der Waals surface area contributed by atoms with E-state index >= 15 is 0 Å². The lowest BCUT2D eigenvalue weighted by Crippen LogP contribution is -2.41. The lowest BCUT2D eigenvalue weighted by atomic mass is 10.1. The first kappa shape index (κ1) is 17.9. The normalized spacial score (nSPS) is 10.2. The summed E-state index contributed by atoms with van der Waals surface area (Å²) in [6, 6.07) is 12.8. The molecule has 0 atom stereocenters. The van der Waals surface area contributed by atoms with Crippen LogP contribution in [0.5, 0.6) is 0 Å². The third kappa shape index (κ3) is 4.29. The monoisotopic (exact) mass is 343 g/mol. The molecule has 0 heterocycles. The molecule has 126 valence electrons. The molecule has 0 radical (unpaired) electrons. The zero-order valence-corrected chi connectivity index (χ0v) is 15.0. The van der Waals surface area contributed by atoms with Crippen molar-refractivity contribution in [1.82, 2.24) is 10.9 Å². The fourth-order valence-electron chi connectivity index (χ4n) is 2.15. The lowest BCUT2D eigenvalue weighted by molar-refractivity contribution is 0.0846. The molecule has 0 aliphatic rings. The first-order valence-electron chi connectivity index (χ1n) is 7.45. The van der Waals surface area contributed by atoms with Crippen molar-refractivity contribution >= 4 is 29.3 Å². The summed E-state index contributed by atoms with van der Waals surface area (Å²) in [5, 5.41) is 0. The standard InChI is InChI=1S/C18H21N3O2S/c1-12-8-9-15(24-4)11-16(12)18(23)20-19-17(22)13-6-5-7-14(10-13)21(2)3/h5-11H,1-4H3,(H,19,22)(H,20,23). The number of nitrogens with zero attached hydrogens (tertiary/aromatic N) is 1. The number of carbonyl (C=O) groups excluding carboxylic acids is 2. The molecule has 24 heavy (non-hydrogen) atoms. The van der Waals surface area contributed by atoms with Crippen molar-refractivity contribution in [3.05, 3.63) is 59.2 Å². The summed E-state index contributed by atoms with van der Waals surface area (Å²) < 4.78 is 0. The second-order valence-electron chi connectivity index (χ2n) is 5.53. The van der Waals surface area contributed by atoms with E-state index in [2.05, 4.69) is 10.9 Å². The maximum Gasteiger partial charge on any atom is 0.270 e. The minimum absolute atomic E-state index is 0.333. The molecule has 0 bridgehead atoms. The Bertz CT molecular complexity index is 760. The molecule has 2 aromatic carbocycles. The molecular weight excluding hydrogens is 322 g/mol. The van der Waals surface area contributed by atoms with Crippen molar-refractivity contribution in [2.45, 2.75) is 11.8 Å². The summed E-state index contributed by atoms with van der Waals surface area (Å²) in [4.78, 5) is 27.4. The Morgan fingerprint density at radius 1 is 1.00 bits per heavy atom. The van der Waals surface area contributed by atoms with Gasteiger partial charge in [-0.3, -0.25) is 20.4 Å². The van der Waals surface area contributed by atoms with E-state index in [9.17, 15) is 9.59 Å². The topological polar surface area (TPSA) is 61.4 Å². The number of carbonyl (C=O) groups is 2. The number of hydrogen-bond donors (Lipinski definition) is 2. The molecule has 0 saturated carbocycles. The van der Waals surface area contributed by atoms with E-state index in [-0.39, 0.29) is 11.8 Å². The van der Waals surface area contributed by atoms with Crippen LogP contribution in [0.15, 0.2) is 47.4 Å². The molecule has 0 saturated heterocycles. The van der Waals surface area contributed by atoms with Gasteiger partial charge in [0.1, 0.15) is 0 Å². The van der Waals surface area contributed by atoms with Gasteiger partial charge in [-0.15, -0.1) is 11.8 Å². The highest BCUT2D eigenvalue weighted by Gasteiger charge is 2.12. The van der Waals surface area contributed by atoms with Gasteiger partial charge in [0.25, 0.3) is 11.8 Å². The third-order valence-electron chi connectivity index (χ3n) is 3.60. The van der Waals surface area contributed by atoms with E-state index in [1.165, 1.54) is 0 Å². The predicted octanol–water partition coefficient (Wildman–Crippen LogP) is 2.86. The number of anilines is 1. The van der Waals surface area contributed by atoms with Crippen LogP contribution in [0, 0.1) is 6.92 Å². The molecule has 2 amide bonds. The minimum Gasteiger partial charge on any atom is -0.378 e. The summed E-state index contributed by atoms with van der Waals surface area (Å²) >= 11 is 1.56. The molecule has 0 aliphatic heterocycles. The van der Waals surface area contributed by atoms with E-state index in [0.29, 0.717) is 11.1 Å². The lowest BCUT2D eigenvalue weighted by Gasteiger charge is -2.14. The Morgan fingerprint density at radius 3 is 2.38 bits per heavy atom. The number of amides is 2. The van der Waals surface area contributed by atoms with Gasteiger partial charge in [0.15, 0.2) is 0 Å². The quantitative estimate of drug-likeness (QED) is 0.662. The Balaban J connectivity index is 2.06. The van der Waals surface area contributed by atoms with Gasteiger partial charge in [-0.25, -0.2) is 0 Å². The SMILES string of the molecule is CSc1ccc(C)c(C(=O)NNC(=O)c2cccc(N(C)C)c2)c1. The van der Waals surface area contributed by atoms with Crippen molar-refractivity contribution in [3.8, 4) is 0 Å². The van der Waals surface area contributed by atoms with Crippen molar-refractivity contribution in [3.63, 3.8) is 0 Å². The fraction of sp³-hybridized carbons (Fsp3) is 0.222. The van der Waals surface area contributed by atoms with Gasteiger partial charge in [-0.2, -0.15) is 0 Å².